The minimum atomic E-state index is 0.450. The Balaban J connectivity index is 3.16. The molecule has 1 aromatic rings. The highest BCUT2D eigenvalue weighted by molar-refractivity contribution is 6.30. The highest BCUT2D eigenvalue weighted by Gasteiger charge is 1.95. The van der Waals surface area contributed by atoms with Gasteiger partial charge in [0.1, 0.15) is 5.15 Å². The zero-order chi connectivity index (χ0) is 7.56. The molecule has 0 radical (unpaired) electrons. The summed E-state index contributed by atoms with van der Waals surface area (Å²) in [5.41, 5.74) is 1.38. The van der Waals surface area contributed by atoms with Crippen LogP contribution in [0, 0.1) is 6.92 Å². The average Bonchev–Trinajstić information content (AvgIpc) is 1.95. The minimum Gasteiger partial charge on any atom is -0.298 e. The molecule has 0 N–H and O–H groups in total. The number of aldehydes is 1. The average molecular weight is 156 g/mol. The van der Waals surface area contributed by atoms with Crippen LogP contribution in [0.4, 0.5) is 0 Å². The number of nitrogens with zero attached hydrogens (tertiary/aromatic N) is 1. The minimum absolute atomic E-state index is 0.450. The number of aromatic nitrogens is 1. The molecule has 52 valence electrons. The number of rotatable bonds is 1. The Morgan fingerprint density at radius 1 is 1.70 bits per heavy atom. The molecule has 0 spiro atoms. The van der Waals surface area contributed by atoms with Crippen LogP contribution in [0.5, 0.6) is 0 Å². The molecule has 0 unspecified atom stereocenters. The molecule has 3 heteroatoms. The van der Waals surface area contributed by atoms with Crippen LogP contribution in [-0.2, 0) is 0 Å². The number of aryl methyl sites for hydroxylation is 1. The van der Waals surface area contributed by atoms with E-state index in [-0.39, 0.29) is 0 Å². The summed E-state index contributed by atoms with van der Waals surface area (Å²) in [6, 6.07) is 1.70. The lowest BCUT2D eigenvalue weighted by Gasteiger charge is -1.94. The molecule has 2 nitrogen and oxygen atoms in total. The SMILES string of the molecule is Cc1cc(C=O)cnc1Cl. The maximum atomic E-state index is 10.2. The van der Waals surface area contributed by atoms with Crippen LogP contribution in [0.2, 0.25) is 5.15 Å². The summed E-state index contributed by atoms with van der Waals surface area (Å²) in [4.78, 5) is 14.0. The molecule has 0 saturated heterocycles. The lowest BCUT2D eigenvalue weighted by atomic mass is 10.2. The molecule has 0 aliphatic carbocycles. The molecule has 1 aromatic heterocycles. The fraction of sp³-hybridized carbons (Fsp3) is 0.143. The van der Waals surface area contributed by atoms with Gasteiger partial charge in [-0.05, 0) is 18.6 Å². The quantitative estimate of drug-likeness (QED) is 0.458. The Hall–Kier alpha value is -0.890. The molecule has 0 aliphatic rings. The van der Waals surface area contributed by atoms with E-state index >= 15 is 0 Å². The molecule has 1 heterocycles. The van der Waals surface area contributed by atoms with Crippen LogP contribution in [0.15, 0.2) is 12.3 Å². The van der Waals surface area contributed by atoms with E-state index in [1.807, 2.05) is 6.92 Å². The Labute approximate surface area is 63.8 Å². The highest BCUT2D eigenvalue weighted by atomic mass is 35.5. The number of pyridine rings is 1. The van der Waals surface area contributed by atoms with Crippen molar-refractivity contribution in [3.05, 3.63) is 28.5 Å². The van der Waals surface area contributed by atoms with Gasteiger partial charge in [-0.3, -0.25) is 4.79 Å². The number of carbonyl (C=O) groups excluding carboxylic acids is 1. The van der Waals surface area contributed by atoms with Crippen LogP contribution in [0.25, 0.3) is 0 Å². The largest absolute Gasteiger partial charge is 0.298 e. The Morgan fingerprint density at radius 3 is 2.90 bits per heavy atom. The topological polar surface area (TPSA) is 30.0 Å². The molecule has 10 heavy (non-hydrogen) atoms. The molecular weight excluding hydrogens is 150 g/mol. The van der Waals surface area contributed by atoms with Crippen LogP contribution < -0.4 is 0 Å². The summed E-state index contributed by atoms with van der Waals surface area (Å²) in [6.45, 7) is 1.81. The molecule has 0 aromatic carbocycles. The summed E-state index contributed by atoms with van der Waals surface area (Å²) >= 11 is 5.61. The fourth-order valence-corrected chi connectivity index (χ4v) is 0.748. The molecular formula is C7H6ClNO. The van der Waals surface area contributed by atoms with Crippen molar-refractivity contribution in [3.63, 3.8) is 0 Å². The standard InChI is InChI=1S/C7H6ClNO/c1-5-2-6(4-10)3-9-7(5)8/h2-4H,1H3. The predicted octanol–water partition coefficient (Wildman–Crippen LogP) is 1.86. The van der Waals surface area contributed by atoms with Crippen LogP contribution >= 0.6 is 11.6 Å². The predicted molar refractivity (Wildman–Crippen MR) is 39.4 cm³/mol. The van der Waals surface area contributed by atoms with Gasteiger partial charge < -0.3 is 0 Å². The van der Waals surface area contributed by atoms with Gasteiger partial charge in [0.2, 0.25) is 0 Å². The van der Waals surface area contributed by atoms with E-state index in [4.69, 9.17) is 11.6 Å². The van der Waals surface area contributed by atoms with Crippen LogP contribution in [-0.4, -0.2) is 11.3 Å². The lowest BCUT2D eigenvalue weighted by Crippen LogP contribution is -1.85. The van der Waals surface area contributed by atoms with E-state index in [0.717, 1.165) is 11.8 Å². The monoisotopic (exact) mass is 155 g/mol. The maximum absolute atomic E-state index is 10.2. The second-order valence-electron chi connectivity index (χ2n) is 1.99. The van der Waals surface area contributed by atoms with E-state index in [1.54, 1.807) is 6.07 Å². The third-order valence-corrected chi connectivity index (χ3v) is 1.57. The Morgan fingerprint density at radius 2 is 2.40 bits per heavy atom. The first-order valence-corrected chi connectivity index (χ1v) is 3.19. The second kappa shape index (κ2) is 2.80. The molecule has 0 bridgehead atoms. The number of carbonyl (C=O) groups is 1. The van der Waals surface area contributed by atoms with E-state index in [1.165, 1.54) is 6.20 Å². The summed E-state index contributed by atoms with van der Waals surface area (Å²) in [5, 5.41) is 0.450. The highest BCUT2D eigenvalue weighted by Crippen LogP contribution is 2.10. The van der Waals surface area contributed by atoms with Gasteiger partial charge in [-0.1, -0.05) is 11.6 Å². The lowest BCUT2D eigenvalue weighted by molar-refractivity contribution is 0.112. The molecule has 0 saturated carbocycles. The van der Waals surface area contributed by atoms with Crippen molar-refractivity contribution in [2.45, 2.75) is 6.92 Å². The van der Waals surface area contributed by atoms with Gasteiger partial charge in [0, 0.05) is 11.8 Å². The van der Waals surface area contributed by atoms with Crippen molar-refractivity contribution in [2.75, 3.05) is 0 Å². The first kappa shape index (κ1) is 7.22. The summed E-state index contributed by atoms with van der Waals surface area (Å²) in [5.74, 6) is 0. The van der Waals surface area contributed by atoms with Gasteiger partial charge in [-0.25, -0.2) is 4.98 Å². The van der Waals surface area contributed by atoms with Gasteiger partial charge in [-0.15, -0.1) is 0 Å². The van der Waals surface area contributed by atoms with Gasteiger partial charge >= 0.3 is 0 Å². The number of halogens is 1. The summed E-state index contributed by atoms with van der Waals surface area (Å²) in [7, 11) is 0. The zero-order valence-electron chi connectivity index (χ0n) is 5.47. The van der Waals surface area contributed by atoms with E-state index < -0.39 is 0 Å². The van der Waals surface area contributed by atoms with Gasteiger partial charge in [-0.2, -0.15) is 0 Å². The van der Waals surface area contributed by atoms with Crippen molar-refractivity contribution in [1.82, 2.24) is 4.98 Å². The van der Waals surface area contributed by atoms with E-state index in [0.29, 0.717) is 10.7 Å². The molecule has 0 amide bonds. The fourth-order valence-electron chi connectivity index (χ4n) is 0.644. The van der Waals surface area contributed by atoms with Gasteiger partial charge in [0.15, 0.2) is 6.29 Å². The van der Waals surface area contributed by atoms with E-state index in [9.17, 15) is 4.79 Å². The van der Waals surface area contributed by atoms with Crippen LogP contribution in [0.3, 0.4) is 0 Å². The molecule has 0 atom stereocenters. The first-order chi connectivity index (χ1) is 4.74. The van der Waals surface area contributed by atoms with E-state index in [2.05, 4.69) is 4.98 Å². The van der Waals surface area contributed by atoms with Crippen LogP contribution in [0.1, 0.15) is 15.9 Å². The number of hydrogen-bond acceptors (Lipinski definition) is 2. The maximum Gasteiger partial charge on any atom is 0.151 e. The second-order valence-corrected chi connectivity index (χ2v) is 2.35. The van der Waals surface area contributed by atoms with Crippen molar-refractivity contribution >= 4 is 17.9 Å². The third-order valence-electron chi connectivity index (χ3n) is 1.17. The molecule has 1 rings (SSSR count). The smallest absolute Gasteiger partial charge is 0.151 e. The normalized spacial score (nSPS) is 9.40. The third kappa shape index (κ3) is 1.33. The molecule has 0 fully saturated rings. The number of hydrogen-bond donors (Lipinski definition) is 0. The van der Waals surface area contributed by atoms with Crippen molar-refractivity contribution in [3.8, 4) is 0 Å². The van der Waals surface area contributed by atoms with Crippen molar-refractivity contribution in [2.24, 2.45) is 0 Å². The van der Waals surface area contributed by atoms with Gasteiger partial charge in [0.25, 0.3) is 0 Å². The Bertz CT molecular complexity index is 260. The first-order valence-electron chi connectivity index (χ1n) is 2.81. The molecule has 0 aliphatic heterocycles. The summed E-state index contributed by atoms with van der Waals surface area (Å²) in [6.07, 6.45) is 2.19. The van der Waals surface area contributed by atoms with Crippen molar-refractivity contribution in [1.29, 1.82) is 0 Å². The Kier molecular flexibility index (Phi) is 2.02. The van der Waals surface area contributed by atoms with Gasteiger partial charge in [0.05, 0.1) is 0 Å². The summed E-state index contributed by atoms with van der Waals surface area (Å²) < 4.78 is 0. The zero-order valence-corrected chi connectivity index (χ0v) is 6.22. The van der Waals surface area contributed by atoms with Crippen molar-refractivity contribution < 1.29 is 4.79 Å².